The molecule has 0 saturated heterocycles. The minimum Gasteiger partial charge on any atom is -0.508 e. The fourth-order valence-electron chi connectivity index (χ4n) is 2.36. The van der Waals surface area contributed by atoms with E-state index in [0.717, 1.165) is 25.2 Å². The molecular weight excluding hydrogens is 232 g/mol. The Bertz CT molecular complexity index is 376. The third-order valence-electron chi connectivity index (χ3n) is 3.17. The van der Waals surface area contributed by atoms with Gasteiger partial charge >= 0.3 is 0 Å². The van der Waals surface area contributed by atoms with Gasteiger partial charge in [-0.05, 0) is 31.4 Å². The Balaban J connectivity index is 2.03. The van der Waals surface area contributed by atoms with Crippen molar-refractivity contribution in [2.45, 2.75) is 31.7 Å². The van der Waals surface area contributed by atoms with E-state index in [1.807, 2.05) is 6.07 Å². The first-order valence-electron chi connectivity index (χ1n) is 6.11. The highest BCUT2D eigenvalue weighted by molar-refractivity contribution is 5.32. The van der Waals surface area contributed by atoms with E-state index in [-0.39, 0.29) is 18.1 Å². The van der Waals surface area contributed by atoms with E-state index in [1.165, 1.54) is 0 Å². The van der Waals surface area contributed by atoms with Crippen molar-refractivity contribution >= 4 is 0 Å². The molecule has 1 N–H and O–H groups in total. The van der Waals surface area contributed by atoms with Crippen LogP contribution in [0.1, 0.15) is 19.3 Å². The highest BCUT2D eigenvalue weighted by Gasteiger charge is 2.36. The third-order valence-corrected chi connectivity index (χ3v) is 3.17. The molecule has 1 aliphatic carbocycles. The summed E-state index contributed by atoms with van der Waals surface area (Å²) in [6.45, 7) is 0. The Kier molecular flexibility index (Phi) is 4.44. The van der Waals surface area contributed by atoms with Crippen LogP contribution in [0.3, 0.4) is 0 Å². The molecule has 2 rings (SSSR count). The zero-order chi connectivity index (χ0) is 13.0. The van der Waals surface area contributed by atoms with Crippen LogP contribution in [0.25, 0.3) is 0 Å². The maximum absolute atomic E-state index is 9.42. The molecule has 0 amide bonds. The Labute approximate surface area is 107 Å². The van der Waals surface area contributed by atoms with Crippen LogP contribution in [0.4, 0.5) is 0 Å². The molecule has 1 radical (unpaired) electrons. The van der Waals surface area contributed by atoms with Crippen molar-refractivity contribution in [1.29, 1.82) is 0 Å². The summed E-state index contributed by atoms with van der Waals surface area (Å²) >= 11 is 0. The zero-order valence-electron chi connectivity index (χ0n) is 10.8. The van der Waals surface area contributed by atoms with Gasteiger partial charge < -0.3 is 19.3 Å². The second-order valence-corrected chi connectivity index (χ2v) is 4.37. The number of rotatable bonds is 5. The zero-order valence-corrected chi connectivity index (χ0v) is 10.8. The Morgan fingerprint density at radius 3 is 2.72 bits per heavy atom. The SMILES string of the molecule is COC(OC)[C]1CCCC1Oc1cccc(O)c1. The lowest BCUT2D eigenvalue weighted by atomic mass is 10.1. The van der Waals surface area contributed by atoms with Crippen LogP contribution >= 0.6 is 0 Å². The Morgan fingerprint density at radius 1 is 1.28 bits per heavy atom. The monoisotopic (exact) mass is 251 g/mol. The molecular formula is C14H19O4. The van der Waals surface area contributed by atoms with Gasteiger partial charge in [-0.2, -0.15) is 0 Å². The molecule has 4 heteroatoms. The predicted molar refractivity (Wildman–Crippen MR) is 67.4 cm³/mol. The van der Waals surface area contributed by atoms with Crippen LogP contribution in [0.2, 0.25) is 0 Å². The summed E-state index contributed by atoms with van der Waals surface area (Å²) in [4.78, 5) is 0. The summed E-state index contributed by atoms with van der Waals surface area (Å²) in [5.74, 6) is 2.01. The molecule has 0 heterocycles. The van der Waals surface area contributed by atoms with E-state index < -0.39 is 0 Å². The summed E-state index contributed by atoms with van der Waals surface area (Å²) < 4.78 is 16.5. The first kappa shape index (κ1) is 13.2. The molecule has 1 aromatic carbocycles. The number of hydrogen-bond donors (Lipinski definition) is 1. The largest absolute Gasteiger partial charge is 0.508 e. The van der Waals surface area contributed by atoms with Crippen LogP contribution < -0.4 is 4.74 Å². The lowest BCUT2D eigenvalue weighted by Crippen LogP contribution is -2.32. The first-order chi connectivity index (χ1) is 8.74. The average Bonchev–Trinajstić information content (AvgIpc) is 2.79. The molecule has 1 aromatic rings. The van der Waals surface area contributed by atoms with Gasteiger partial charge in [-0.25, -0.2) is 0 Å². The van der Waals surface area contributed by atoms with Gasteiger partial charge in [0.1, 0.15) is 17.6 Å². The quantitative estimate of drug-likeness (QED) is 0.817. The van der Waals surface area contributed by atoms with E-state index in [2.05, 4.69) is 0 Å². The van der Waals surface area contributed by atoms with Gasteiger partial charge in [0.05, 0.1) is 5.92 Å². The van der Waals surface area contributed by atoms with E-state index in [9.17, 15) is 5.11 Å². The summed E-state index contributed by atoms with van der Waals surface area (Å²) in [7, 11) is 3.26. The fraction of sp³-hybridized carbons (Fsp3) is 0.500. The number of ether oxygens (including phenoxy) is 3. The Hall–Kier alpha value is -1.26. The molecule has 0 aliphatic heterocycles. The predicted octanol–water partition coefficient (Wildman–Crippen LogP) is 2.52. The van der Waals surface area contributed by atoms with Crippen LogP contribution in [0.5, 0.6) is 11.5 Å². The topological polar surface area (TPSA) is 47.9 Å². The van der Waals surface area contributed by atoms with E-state index >= 15 is 0 Å². The number of aromatic hydroxyl groups is 1. The molecule has 1 aliphatic rings. The van der Waals surface area contributed by atoms with E-state index in [4.69, 9.17) is 14.2 Å². The maximum atomic E-state index is 9.42. The van der Waals surface area contributed by atoms with Crippen molar-refractivity contribution in [3.63, 3.8) is 0 Å². The van der Waals surface area contributed by atoms with Crippen LogP contribution in [-0.2, 0) is 9.47 Å². The van der Waals surface area contributed by atoms with Crippen molar-refractivity contribution in [2.75, 3.05) is 14.2 Å². The average molecular weight is 251 g/mol. The van der Waals surface area contributed by atoms with Crippen molar-refractivity contribution in [3.05, 3.63) is 30.2 Å². The Morgan fingerprint density at radius 2 is 2.06 bits per heavy atom. The third kappa shape index (κ3) is 2.94. The van der Waals surface area contributed by atoms with Crippen molar-refractivity contribution in [3.8, 4) is 11.5 Å². The first-order valence-corrected chi connectivity index (χ1v) is 6.11. The minimum absolute atomic E-state index is 0.00306. The molecule has 1 atom stereocenters. The van der Waals surface area contributed by atoms with Crippen LogP contribution in [0.15, 0.2) is 24.3 Å². The molecule has 1 unspecified atom stereocenters. The van der Waals surface area contributed by atoms with Gasteiger partial charge in [-0.1, -0.05) is 6.07 Å². The van der Waals surface area contributed by atoms with E-state index in [1.54, 1.807) is 32.4 Å². The fourth-order valence-corrected chi connectivity index (χ4v) is 2.36. The van der Waals surface area contributed by atoms with Crippen LogP contribution in [-0.4, -0.2) is 31.7 Å². The summed E-state index contributed by atoms with van der Waals surface area (Å²) in [5, 5.41) is 9.42. The summed E-state index contributed by atoms with van der Waals surface area (Å²) in [5.41, 5.74) is 0. The number of phenolic OH excluding ortho intramolecular Hbond substituents is 1. The van der Waals surface area contributed by atoms with Crippen molar-refractivity contribution in [2.24, 2.45) is 0 Å². The van der Waals surface area contributed by atoms with Gasteiger partial charge in [0.25, 0.3) is 0 Å². The molecule has 0 aromatic heterocycles. The molecule has 0 bridgehead atoms. The minimum atomic E-state index is -0.310. The normalized spacial score (nSPS) is 20.5. The smallest absolute Gasteiger partial charge is 0.166 e. The van der Waals surface area contributed by atoms with Gasteiger partial charge in [-0.3, -0.25) is 0 Å². The second-order valence-electron chi connectivity index (χ2n) is 4.37. The lowest BCUT2D eigenvalue weighted by molar-refractivity contribution is -0.101. The highest BCUT2D eigenvalue weighted by Crippen LogP contribution is 2.35. The maximum Gasteiger partial charge on any atom is 0.166 e. The van der Waals surface area contributed by atoms with Gasteiger partial charge in [-0.15, -0.1) is 0 Å². The van der Waals surface area contributed by atoms with Gasteiger partial charge in [0.2, 0.25) is 0 Å². The molecule has 99 valence electrons. The number of methoxy groups -OCH3 is 2. The van der Waals surface area contributed by atoms with E-state index in [0.29, 0.717) is 5.75 Å². The molecule has 0 spiro atoms. The standard InChI is InChI=1S/C14H19O4/c1-16-14(17-2)12-7-4-8-13(12)18-11-6-3-5-10(15)9-11/h3,5-6,9,13-15H,4,7-8H2,1-2H3. The van der Waals surface area contributed by atoms with Gasteiger partial charge in [0.15, 0.2) is 6.29 Å². The summed E-state index contributed by atoms with van der Waals surface area (Å²) in [6, 6.07) is 6.84. The second kappa shape index (κ2) is 6.07. The number of hydrogen-bond acceptors (Lipinski definition) is 4. The number of benzene rings is 1. The van der Waals surface area contributed by atoms with Crippen molar-refractivity contribution in [1.82, 2.24) is 0 Å². The molecule has 4 nitrogen and oxygen atoms in total. The van der Waals surface area contributed by atoms with Crippen LogP contribution in [0, 0.1) is 5.92 Å². The summed E-state index contributed by atoms with van der Waals surface area (Å²) in [6.07, 6.45) is 2.66. The highest BCUT2D eigenvalue weighted by atomic mass is 16.7. The van der Waals surface area contributed by atoms with Crippen molar-refractivity contribution < 1.29 is 19.3 Å². The lowest BCUT2D eigenvalue weighted by Gasteiger charge is -2.26. The molecule has 18 heavy (non-hydrogen) atoms. The number of phenols is 1. The molecule has 1 saturated carbocycles. The molecule has 1 fully saturated rings. The van der Waals surface area contributed by atoms with Gasteiger partial charge in [0, 0.05) is 20.3 Å².